The lowest BCUT2D eigenvalue weighted by Gasteiger charge is -2.11. The summed E-state index contributed by atoms with van der Waals surface area (Å²) in [6, 6.07) is 23.7. The minimum Gasteiger partial charge on any atom is -0.494 e. The van der Waals surface area contributed by atoms with Crippen molar-refractivity contribution >= 4 is 33.9 Å². The minimum atomic E-state index is -0.114. The predicted octanol–water partition coefficient (Wildman–Crippen LogP) is 6.36. The second kappa shape index (κ2) is 8.96. The van der Waals surface area contributed by atoms with Gasteiger partial charge in [0.25, 0.3) is 5.91 Å². The number of rotatable bonds is 7. The standard InChI is InChI=1S/C26H27N3O2/c1-4-29-24-16-15-22(31-5-2)17-23(24)18(3)25(29)26(30)28-21-13-11-20(12-14-21)27-19-9-7-6-8-10-19/h6-17,27H,4-5H2,1-3H3,(H,28,30). The molecular formula is C26H27N3O2. The largest absolute Gasteiger partial charge is 0.494 e. The molecule has 0 aliphatic carbocycles. The van der Waals surface area contributed by atoms with Gasteiger partial charge in [-0.05, 0) is 80.9 Å². The fourth-order valence-corrected chi connectivity index (χ4v) is 3.89. The molecule has 1 amide bonds. The molecule has 4 aromatic rings. The van der Waals surface area contributed by atoms with E-state index in [0.29, 0.717) is 18.8 Å². The first-order valence-corrected chi connectivity index (χ1v) is 10.6. The average Bonchev–Trinajstić information content (AvgIpc) is 3.07. The molecular weight excluding hydrogens is 386 g/mol. The Bertz CT molecular complexity index is 1200. The van der Waals surface area contributed by atoms with E-state index in [1.54, 1.807) is 0 Å². The van der Waals surface area contributed by atoms with Crippen LogP contribution in [0.4, 0.5) is 17.1 Å². The van der Waals surface area contributed by atoms with Gasteiger partial charge in [-0.2, -0.15) is 0 Å². The van der Waals surface area contributed by atoms with Crippen LogP contribution >= 0.6 is 0 Å². The summed E-state index contributed by atoms with van der Waals surface area (Å²) in [4.78, 5) is 13.2. The molecule has 1 aromatic heterocycles. The molecule has 1 heterocycles. The van der Waals surface area contributed by atoms with Crippen LogP contribution in [-0.2, 0) is 6.54 Å². The Balaban J connectivity index is 1.57. The summed E-state index contributed by atoms with van der Waals surface area (Å²) in [5, 5.41) is 7.44. The van der Waals surface area contributed by atoms with Gasteiger partial charge in [-0.1, -0.05) is 18.2 Å². The fraction of sp³-hybridized carbons (Fsp3) is 0.192. The first-order valence-electron chi connectivity index (χ1n) is 10.6. The van der Waals surface area contributed by atoms with E-state index in [2.05, 4.69) is 22.1 Å². The number of anilines is 3. The summed E-state index contributed by atoms with van der Waals surface area (Å²) in [5.74, 6) is 0.706. The van der Waals surface area contributed by atoms with Crippen LogP contribution in [-0.4, -0.2) is 17.1 Å². The highest BCUT2D eigenvalue weighted by Crippen LogP contribution is 2.30. The van der Waals surface area contributed by atoms with E-state index in [0.717, 1.165) is 39.3 Å². The quantitative estimate of drug-likeness (QED) is 0.370. The second-order valence-corrected chi connectivity index (χ2v) is 7.35. The zero-order valence-corrected chi connectivity index (χ0v) is 18.1. The number of para-hydroxylation sites is 1. The summed E-state index contributed by atoms with van der Waals surface area (Å²) in [5.41, 5.74) is 5.41. The fourth-order valence-electron chi connectivity index (χ4n) is 3.89. The molecule has 0 radical (unpaired) electrons. The van der Waals surface area contributed by atoms with E-state index in [1.807, 2.05) is 86.6 Å². The van der Waals surface area contributed by atoms with Gasteiger partial charge in [-0.15, -0.1) is 0 Å². The van der Waals surface area contributed by atoms with Gasteiger partial charge in [0, 0.05) is 34.5 Å². The zero-order chi connectivity index (χ0) is 21.8. The Morgan fingerprint density at radius 2 is 1.58 bits per heavy atom. The highest BCUT2D eigenvalue weighted by Gasteiger charge is 2.20. The average molecular weight is 414 g/mol. The lowest BCUT2D eigenvalue weighted by atomic mass is 10.1. The maximum atomic E-state index is 13.2. The highest BCUT2D eigenvalue weighted by atomic mass is 16.5. The Labute approximate surface area is 182 Å². The Kier molecular flexibility index (Phi) is 5.94. The van der Waals surface area contributed by atoms with Gasteiger partial charge in [0.15, 0.2) is 0 Å². The number of hydrogen-bond donors (Lipinski definition) is 2. The molecule has 0 bridgehead atoms. The summed E-state index contributed by atoms with van der Waals surface area (Å²) < 4.78 is 7.70. The van der Waals surface area contributed by atoms with E-state index >= 15 is 0 Å². The number of nitrogens with zero attached hydrogens (tertiary/aromatic N) is 1. The van der Waals surface area contributed by atoms with Gasteiger partial charge >= 0.3 is 0 Å². The molecule has 4 rings (SSSR count). The van der Waals surface area contributed by atoms with E-state index in [1.165, 1.54) is 0 Å². The predicted molar refractivity (Wildman–Crippen MR) is 128 cm³/mol. The molecule has 0 unspecified atom stereocenters. The number of amides is 1. The molecule has 158 valence electrons. The SMILES string of the molecule is CCOc1ccc2c(c1)c(C)c(C(=O)Nc1ccc(Nc3ccccc3)cc1)n2CC. The van der Waals surface area contributed by atoms with Crippen molar-refractivity contribution in [2.75, 3.05) is 17.2 Å². The molecule has 0 spiro atoms. The van der Waals surface area contributed by atoms with Crippen LogP contribution in [0.15, 0.2) is 72.8 Å². The maximum Gasteiger partial charge on any atom is 0.272 e. The van der Waals surface area contributed by atoms with E-state index < -0.39 is 0 Å². The van der Waals surface area contributed by atoms with Gasteiger partial charge in [0.2, 0.25) is 0 Å². The number of aromatic nitrogens is 1. The van der Waals surface area contributed by atoms with Crippen LogP contribution in [0.3, 0.4) is 0 Å². The van der Waals surface area contributed by atoms with Crippen molar-refractivity contribution in [1.82, 2.24) is 4.57 Å². The van der Waals surface area contributed by atoms with Crippen molar-refractivity contribution in [3.8, 4) is 5.75 Å². The monoisotopic (exact) mass is 413 g/mol. The number of hydrogen-bond acceptors (Lipinski definition) is 3. The number of ether oxygens (including phenoxy) is 1. The number of benzene rings is 3. The smallest absolute Gasteiger partial charge is 0.272 e. The Hall–Kier alpha value is -3.73. The molecule has 0 aliphatic rings. The van der Waals surface area contributed by atoms with Gasteiger partial charge in [-0.25, -0.2) is 0 Å². The third kappa shape index (κ3) is 4.26. The first-order chi connectivity index (χ1) is 15.1. The zero-order valence-electron chi connectivity index (χ0n) is 18.1. The van der Waals surface area contributed by atoms with Crippen LogP contribution in [0, 0.1) is 6.92 Å². The van der Waals surface area contributed by atoms with Crippen molar-refractivity contribution in [1.29, 1.82) is 0 Å². The van der Waals surface area contributed by atoms with E-state index in [9.17, 15) is 4.79 Å². The molecule has 2 N–H and O–H groups in total. The molecule has 31 heavy (non-hydrogen) atoms. The molecule has 0 fully saturated rings. The molecule has 0 saturated carbocycles. The van der Waals surface area contributed by atoms with Crippen LogP contribution in [0.5, 0.6) is 5.75 Å². The number of carbonyl (C=O) groups is 1. The third-order valence-electron chi connectivity index (χ3n) is 5.34. The van der Waals surface area contributed by atoms with Crippen LogP contribution in [0.1, 0.15) is 29.9 Å². The highest BCUT2D eigenvalue weighted by molar-refractivity contribution is 6.08. The van der Waals surface area contributed by atoms with Crippen molar-refractivity contribution < 1.29 is 9.53 Å². The summed E-state index contributed by atoms with van der Waals surface area (Å²) >= 11 is 0. The van der Waals surface area contributed by atoms with Crippen molar-refractivity contribution in [2.24, 2.45) is 0 Å². The minimum absolute atomic E-state index is 0.114. The lowest BCUT2D eigenvalue weighted by Crippen LogP contribution is -2.17. The lowest BCUT2D eigenvalue weighted by molar-refractivity contribution is 0.101. The molecule has 0 saturated heterocycles. The van der Waals surface area contributed by atoms with Crippen molar-refractivity contribution in [3.05, 3.63) is 84.1 Å². The van der Waals surface area contributed by atoms with E-state index in [4.69, 9.17) is 4.74 Å². The van der Waals surface area contributed by atoms with Crippen molar-refractivity contribution in [2.45, 2.75) is 27.3 Å². The number of carbonyl (C=O) groups excluding carboxylic acids is 1. The summed E-state index contributed by atoms with van der Waals surface area (Å²) in [7, 11) is 0. The topological polar surface area (TPSA) is 55.3 Å². The summed E-state index contributed by atoms with van der Waals surface area (Å²) in [6.45, 7) is 7.33. The van der Waals surface area contributed by atoms with Gasteiger partial charge < -0.3 is 19.9 Å². The normalized spacial score (nSPS) is 10.8. The molecule has 0 atom stereocenters. The van der Waals surface area contributed by atoms with Crippen molar-refractivity contribution in [3.63, 3.8) is 0 Å². The molecule has 0 aliphatic heterocycles. The van der Waals surface area contributed by atoms with Gasteiger partial charge in [0.1, 0.15) is 11.4 Å². The van der Waals surface area contributed by atoms with Gasteiger partial charge in [0.05, 0.1) is 6.61 Å². The maximum absolute atomic E-state index is 13.2. The Morgan fingerprint density at radius 3 is 2.26 bits per heavy atom. The number of fused-ring (bicyclic) bond motifs is 1. The molecule has 3 aromatic carbocycles. The first kappa shape index (κ1) is 20.5. The molecule has 5 heteroatoms. The van der Waals surface area contributed by atoms with Crippen LogP contribution in [0.2, 0.25) is 0 Å². The number of aryl methyl sites for hydroxylation is 2. The summed E-state index contributed by atoms with van der Waals surface area (Å²) in [6.07, 6.45) is 0. The Morgan fingerprint density at radius 1 is 0.903 bits per heavy atom. The van der Waals surface area contributed by atoms with Gasteiger partial charge in [-0.3, -0.25) is 4.79 Å². The third-order valence-corrected chi connectivity index (χ3v) is 5.34. The molecule has 5 nitrogen and oxygen atoms in total. The number of nitrogens with one attached hydrogen (secondary N) is 2. The van der Waals surface area contributed by atoms with E-state index in [-0.39, 0.29) is 5.91 Å². The van der Waals surface area contributed by atoms with Crippen LogP contribution in [0.25, 0.3) is 10.9 Å². The second-order valence-electron chi connectivity index (χ2n) is 7.35. The van der Waals surface area contributed by atoms with Crippen LogP contribution < -0.4 is 15.4 Å².